The number of fused-ring (bicyclic) bond motifs is 2. The Balaban J connectivity index is 1.37. The summed E-state index contributed by atoms with van der Waals surface area (Å²) in [4.78, 5) is 25.5. The third kappa shape index (κ3) is 3.85. The van der Waals surface area contributed by atoms with Gasteiger partial charge in [0.05, 0.1) is 28.9 Å². The second-order valence-corrected chi connectivity index (χ2v) is 7.60. The Kier molecular flexibility index (Phi) is 5.46. The zero-order valence-electron chi connectivity index (χ0n) is 17.9. The van der Waals surface area contributed by atoms with Gasteiger partial charge >= 0.3 is 0 Å². The third-order valence-corrected chi connectivity index (χ3v) is 5.50. The molecular formula is C27H18N4O3. The van der Waals surface area contributed by atoms with E-state index in [1.807, 2.05) is 30.3 Å². The number of para-hydroxylation sites is 2. The molecule has 0 unspecified atom stereocenters. The van der Waals surface area contributed by atoms with Gasteiger partial charge in [-0.05, 0) is 48.5 Å². The zero-order chi connectivity index (χ0) is 23.5. The smallest absolute Gasteiger partial charge is 0.260 e. The molecular weight excluding hydrogens is 428 g/mol. The molecule has 34 heavy (non-hydrogen) atoms. The molecule has 0 aliphatic carbocycles. The molecule has 5 aromatic rings. The molecule has 0 fully saturated rings. The van der Waals surface area contributed by atoms with E-state index >= 15 is 0 Å². The first kappa shape index (κ1) is 20.9. The minimum Gasteiger partial charge on any atom is -0.455 e. The van der Waals surface area contributed by atoms with E-state index in [0.717, 1.165) is 0 Å². The maximum atomic E-state index is 12.8. The number of carbonyl (C=O) groups excluding carboxylic acids is 1. The van der Waals surface area contributed by atoms with Gasteiger partial charge in [0.15, 0.2) is 5.43 Å². The first-order valence-electron chi connectivity index (χ1n) is 10.6. The lowest BCUT2D eigenvalue weighted by atomic mass is 10.1. The van der Waals surface area contributed by atoms with E-state index in [9.17, 15) is 14.9 Å². The first-order chi connectivity index (χ1) is 16.7. The molecule has 1 amide bonds. The van der Waals surface area contributed by atoms with Crippen LogP contribution in [0.25, 0.3) is 33.1 Å². The Bertz CT molecular complexity index is 1610. The summed E-state index contributed by atoms with van der Waals surface area (Å²) < 4.78 is 7.56. The van der Waals surface area contributed by atoms with Crippen molar-refractivity contribution in [2.75, 3.05) is 0 Å². The van der Waals surface area contributed by atoms with Crippen LogP contribution in [0, 0.1) is 11.3 Å². The zero-order valence-corrected chi connectivity index (χ0v) is 17.9. The Morgan fingerprint density at radius 3 is 2.29 bits per heavy atom. The molecule has 3 aromatic carbocycles. The Labute approximate surface area is 194 Å². The lowest BCUT2D eigenvalue weighted by Crippen LogP contribution is -2.25. The molecule has 0 radical (unpaired) electrons. The molecule has 2 heterocycles. The highest BCUT2D eigenvalue weighted by molar-refractivity contribution is 5.95. The number of hydrogen-bond donors (Lipinski definition) is 1. The molecule has 0 aliphatic rings. The van der Waals surface area contributed by atoms with Crippen LogP contribution < -0.4 is 10.9 Å². The summed E-state index contributed by atoms with van der Waals surface area (Å²) in [6.07, 6.45) is 1.40. The lowest BCUT2D eigenvalue weighted by molar-refractivity contribution is -0.121. The standard InChI is InChI=1S/C27H18N4O3/c28-15-18-7-1-2-8-20(18)25-14-13-19(34-25)16-29-30-26(32)17-31-23-11-5-3-9-21(23)27(33)22-10-4-6-12-24(22)31/h1-14,16H,17H2,(H,30,32)/b29-16-. The Hall–Kier alpha value is -4.96. The number of nitrogens with zero attached hydrogens (tertiary/aromatic N) is 3. The average Bonchev–Trinajstić information content (AvgIpc) is 3.35. The van der Waals surface area contributed by atoms with E-state index in [-0.39, 0.29) is 17.9 Å². The number of amides is 1. The molecule has 5 rings (SSSR count). The monoisotopic (exact) mass is 446 g/mol. The number of nitrogens with one attached hydrogen (secondary N) is 1. The predicted octanol–water partition coefficient (Wildman–Crippen LogP) is 4.44. The quantitative estimate of drug-likeness (QED) is 0.245. The van der Waals surface area contributed by atoms with Crippen LogP contribution in [0.2, 0.25) is 0 Å². The van der Waals surface area contributed by atoms with Gasteiger partial charge in [-0.15, -0.1) is 0 Å². The molecule has 0 bridgehead atoms. The van der Waals surface area contributed by atoms with E-state index in [0.29, 0.717) is 44.5 Å². The highest BCUT2D eigenvalue weighted by atomic mass is 16.3. The van der Waals surface area contributed by atoms with Crippen LogP contribution in [0.15, 0.2) is 99.2 Å². The SMILES string of the molecule is N#Cc1ccccc1-c1ccc(/C=N\NC(=O)Cn2c3ccccc3c(=O)c3ccccc32)o1. The van der Waals surface area contributed by atoms with E-state index in [2.05, 4.69) is 16.6 Å². The van der Waals surface area contributed by atoms with Crippen molar-refractivity contribution in [1.82, 2.24) is 9.99 Å². The van der Waals surface area contributed by atoms with Gasteiger partial charge in [0, 0.05) is 16.3 Å². The van der Waals surface area contributed by atoms with Crippen molar-refractivity contribution in [3.8, 4) is 17.4 Å². The molecule has 0 saturated carbocycles. The number of pyridine rings is 1. The molecule has 7 heteroatoms. The van der Waals surface area contributed by atoms with Crippen LogP contribution in [-0.4, -0.2) is 16.7 Å². The van der Waals surface area contributed by atoms with Crippen LogP contribution in [0.4, 0.5) is 0 Å². The number of benzene rings is 3. The molecule has 0 saturated heterocycles. The lowest BCUT2D eigenvalue weighted by Gasteiger charge is -2.14. The normalized spacial score (nSPS) is 11.1. The maximum absolute atomic E-state index is 12.8. The largest absolute Gasteiger partial charge is 0.455 e. The van der Waals surface area contributed by atoms with Crippen molar-refractivity contribution in [3.05, 3.63) is 106 Å². The molecule has 164 valence electrons. The number of rotatable bonds is 5. The number of furan rings is 1. The highest BCUT2D eigenvalue weighted by Crippen LogP contribution is 2.25. The fraction of sp³-hybridized carbons (Fsp3) is 0.0370. The van der Waals surface area contributed by atoms with Crippen molar-refractivity contribution < 1.29 is 9.21 Å². The molecule has 0 atom stereocenters. The van der Waals surface area contributed by atoms with E-state index < -0.39 is 0 Å². The van der Waals surface area contributed by atoms with Gasteiger partial charge < -0.3 is 8.98 Å². The van der Waals surface area contributed by atoms with Crippen molar-refractivity contribution in [1.29, 1.82) is 5.26 Å². The van der Waals surface area contributed by atoms with Gasteiger partial charge in [-0.1, -0.05) is 36.4 Å². The Morgan fingerprint density at radius 1 is 0.941 bits per heavy atom. The fourth-order valence-electron chi connectivity index (χ4n) is 3.96. The van der Waals surface area contributed by atoms with Crippen molar-refractivity contribution in [2.45, 2.75) is 6.54 Å². The van der Waals surface area contributed by atoms with Gasteiger partial charge in [-0.25, -0.2) is 5.43 Å². The summed E-state index contributed by atoms with van der Waals surface area (Å²) in [5.41, 5.74) is 5.00. The highest BCUT2D eigenvalue weighted by Gasteiger charge is 2.13. The molecule has 0 spiro atoms. The van der Waals surface area contributed by atoms with Gasteiger partial charge in [-0.2, -0.15) is 10.4 Å². The first-order valence-corrected chi connectivity index (χ1v) is 10.6. The number of hydrogen-bond acceptors (Lipinski definition) is 5. The molecule has 0 aliphatic heterocycles. The summed E-state index contributed by atoms with van der Waals surface area (Å²) in [6.45, 7) is -0.0163. The van der Waals surface area contributed by atoms with Crippen LogP contribution >= 0.6 is 0 Å². The summed E-state index contributed by atoms with van der Waals surface area (Å²) in [5.74, 6) is 0.621. The van der Waals surface area contributed by atoms with Gasteiger partial charge in [-0.3, -0.25) is 9.59 Å². The third-order valence-electron chi connectivity index (χ3n) is 5.50. The maximum Gasteiger partial charge on any atom is 0.260 e. The van der Waals surface area contributed by atoms with Crippen molar-refractivity contribution >= 4 is 33.9 Å². The number of hydrazone groups is 1. The average molecular weight is 446 g/mol. The van der Waals surface area contributed by atoms with E-state index in [4.69, 9.17) is 4.42 Å². The fourth-order valence-corrected chi connectivity index (χ4v) is 3.96. The van der Waals surface area contributed by atoms with Gasteiger partial charge in [0.1, 0.15) is 18.1 Å². The summed E-state index contributed by atoms with van der Waals surface area (Å²) >= 11 is 0. The second kappa shape index (κ2) is 8.88. The minimum absolute atomic E-state index is 0.0163. The number of aromatic nitrogens is 1. The van der Waals surface area contributed by atoms with E-state index in [1.165, 1.54) is 6.21 Å². The van der Waals surface area contributed by atoms with Crippen molar-refractivity contribution in [2.24, 2.45) is 5.10 Å². The second-order valence-electron chi connectivity index (χ2n) is 7.60. The van der Waals surface area contributed by atoms with E-state index in [1.54, 1.807) is 59.2 Å². The van der Waals surface area contributed by atoms with Gasteiger partial charge in [0.25, 0.3) is 5.91 Å². The molecule has 1 N–H and O–H groups in total. The van der Waals surface area contributed by atoms with Crippen LogP contribution in [0.1, 0.15) is 11.3 Å². The summed E-state index contributed by atoms with van der Waals surface area (Å²) in [5, 5.41) is 14.4. The van der Waals surface area contributed by atoms with Gasteiger partial charge in [0.2, 0.25) is 0 Å². The van der Waals surface area contributed by atoms with Crippen LogP contribution in [-0.2, 0) is 11.3 Å². The number of carbonyl (C=O) groups is 1. The summed E-state index contributed by atoms with van der Waals surface area (Å²) in [7, 11) is 0. The van der Waals surface area contributed by atoms with Crippen molar-refractivity contribution in [3.63, 3.8) is 0 Å². The van der Waals surface area contributed by atoms with Crippen LogP contribution in [0.3, 0.4) is 0 Å². The predicted molar refractivity (Wildman–Crippen MR) is 130 cm³/mol. The molecule has 2 aromatic heterocycles. The topological polar surface area (TPSA) is 100 Å². The Morgan fingerprint density at radius 2 is 1.59 bits per heavy atom. The summed E-state index contributed by atoms with van der Waals surface area (Å²) in [6, 6.07) is 27.2. The molecule has 7 nitrogen and oxygen atoms in total. The number of nitriles is 1. The minimum atomic E-state index is -0.350. The van der Waals surface area contributed by atoms with Crippen LogP contribution in [0.5, 0.6) is 0 Å².